The van der Waals surface area contributed by atoms with Gasteiger partial charge < -0.3 is 29.4 Å². The Hall–Kier alpha value is -5.26. The number of carbonyl (C=O) groups excluding carboxylic acids is 2. The molecule has 0 fully saturated rings. The van der Waals surface area contributed by atoms with Gasteiger partial charge in [-0.15, -0.1) is 0 Å². The third kappa shape index (κ3) is 7.97. The second-order valence-electron chi connectivity index (χ2n) is 10.7. The average Bonchev–Trinajstić information content (AvgIpc) is 3.31. The van der Waals surface area contributed by atoms with Crippen molar-refractivity contribution in [1.82, 2.24) is 23.9 Å². The lowest BCUT2D eigenvalue weighted by Gasteiger charge is -2.21. The minimum atomic E-state index is -1.20. The summed E-state index contributed by atoms with van der Waals surface area (Å²) in [6.07, 6.45) is 5.28. The normalized spacial score (nSPS) is 11.9. The van der Waals surface area contributed by atoms with E-state index in [0.29, 0.717) is 18.4 Å². The number of carboxylic acid groups (broad SMARTS) is 1. The number of benzene rings is 2. The average molecular weight is 603 g/mol. The zero-order chi connectivity index (χ0) is 31.8. The van der Waals surface area contributed by atoms with E-state index < -0.39 is 23.5 Å². The van der Waals surface area contributed by atoms with Crippen molar-refractivity contribution in [2.45, 2.75) is 25.9 Å². The van der Waals surface area contributed by atoms with Crippen molar-refractivity contribution in [3.8, 4) is 0 Å². The first-order chi connectivity index (χ1) is 21.0. The monoisotopic (exact) mass is 602 g/mol. The first kappa shape index (κ1) is 31.7. The van der Waals surface area contributed by atoms with Crippen molar-refractivity contribution < 1.29 is 23.9 Å². The highest BCUT2D eigenvalue weighted by Crippen LogP contribution is 2.23. The predicted octanol–water partition coefficient (Wildman–Crippen LogP) is 4.02. The highest BCUT2D eigenvalue weighted by atomic mass is 19.1. The van der Waals surface area contributed by atoms with Gasteiger partial charge in [-0.05, 0) is 48.7 Å². The van der Waals surface area contributed by atoms with Crippen LogP contribution in [-0.4, -0.2) is 74.6 Å². The first-order valence-corrected chi connectivity index (χ1v) is 14.0. The van der Waals surface area contributed by atoms with Crippen LogP contribution in [-0.2, 0) is 22.7 Å². The van der Waals surface area contributed by atoms with Gasteiger partial charge in [0.05, 0.1) is 12.5 Å². The highest BCUT2D eigenvalue weighted by Gasteiger charge is 2.24. The molecule has 11 nitrogen and oxygen atoms in total. The Morgan fingerprint density at radius 1 is 1.07 bits per heavy atom. The third-order valence-electron chi connectivity index (χ3n) is 7.19. The minimum Gasteiger partial charge on any atom is -0.465 e. The Balaban J connectivity index is 1.57. The number of anilines is 1. The molecule has 0 aliphatic rings. The number of aromatic nitrogens is 3. The van der Waals surface area contributed by atoms with Crippen molar-refractivity contribution in [2.24, 2.45) is 5.92 Å². The largest absolute Gasteiger partial charge is 0.465 e. The van der Waals surface area contributed by atoms with Gasteiger partial charge >= 0.3 is 6.09 Å². The van der Waals surface area contributed by atoms with Crippen LogP contribution in [0.15, 0.2) is 83.9 Å². The second-order valence-corrected chi connectivity index (χ2v) is 10.7. The molecule has 0 radical (unpaired) electrons. The lowest BCUT2D eigenvalue weighted by Crippen LogP contribution is -2.38. The van der Waals surface area contributed by atoms with Crippen LogP contribution < -0.4 is 10.9 Å². The second kappa shape index (κ2) is 14.3. The van der Waals surface area contributed by atoms with Crippen LogP contribution in [0.3, 0.4) is 0 Å². The van der Waals surface area contributed by atoms with Crippen molar-refractivity contribution >= 4 is 34.6 Å². The lowest BCUT2D eigenvalue weighted by atomic mass is 10.0. The molecule has 0 aliphatic heterocycles. The van der Waals surface area contributed by atoms with E-state index >= 15 is 0 Å². The number of nitrogens with zero attached hydrogens (tertiary/aromatic N) is 5. The Bertz CT molecular complexity index is 1730. The van der Waals surface area contributed by atoms with Gasteiger partial charge in [0.2, 0.25) is 11.8 Å². The Morgan fingerprint density at radius 2 is 1.82 bits per heavy atom. The molecular formula is C32H35FN6O5. The highest BCUT2D eigenvalue weighted by molar-refractivity contribution is 5.92. The van der Waals surface area contributed by atoms with Crippen molar-refractivity contribution in [3.05, 3.63) is 107 Å². The number of carbonyl (C=O) groups is 3. The zero-order valence-corrected chi connectivity index (χ0v) is 24.8. The molecule has 44 heavy (non-hydrogen) atoms. The van der Waals surface area contributed by atoms with E-state index in [1.54, 1.807) is 26.2 Å². The molecule has 3 amide bonds. The van der Waals surface area contributed by atoms with Crippen LogP contribution in [0.2, 0.25) is 0 Å². The Morgan fingerprint density at radius 3 is 2.52 bits per heavy atom. The number of amides is 3. The molecule has 1 atom stereocenters. The third-order valence-corrected chi connectivity index (χ3v) is 7.19. The summed E-state index contributed by atoms with van der Waals surface area (Å²) >= 11 is 0. The van der Waals surface area contributed by atoms with Gasteiger partial charge in [-0.25, -0.2) is 14.2 Å². The number of nitrogens with one attached hydrogen (secondary N) is 1. The van der Waals surface area contributed by atoms with Crippen molar-refractivity contribution in [1.29, 1.82) is 0 Å². The molecule has 4 rings (SSSR count). The van der Waals surface area contributed by atoms with Gasteiger partial charge in [0, 0.05) is 63.2 Å². The van der Waals surface area contributed by atoms with Gasteiger partial charge in [0.1, 0.15) is 5.82 Å². The zero-order valence-electron chi connectivity index (χ0n) is 24.8. The van der Waals surface area contributed by atoms with E-state index in [2.05, 4.69) is 10.3 Å². The number of rotatable bonds is 12. The molecule has 12 heteroatoms. The molecule has 2 aromatic carbocycles. The van der Waals surface area contributed by atoms with Crippen molar-refractivity contribution in [2.75, 3.05) is 33.0 Å². The van der Waals surface area contributed by atoms with Gasteiger partial charge in [-0.3, -0.25) is 14.4 Å². The molecule has 0 unspecified atom stereocenters. The molecule has 2 aromatic heterocycles. The number of likely N-dealkylation sites (N-methyl/N-ethyl adjacent to an activating group) is 1. The lowest BCUT2D eigenvalue weighted by molar-refractivity contribution is -0.123. The van der Waals surface area contributed by atoms with Gasteiger partial charge in [0.25, 0.3) is 5.56 Å². The van der Waals surface area contributed by atoms with Crippen LogP contribution in [0, 0.1) is 11.7 Å². The maximum Gasteiger partial charge on any atom is 0.407 e. The van der Waals surface area contributed by atoms with Gasteiger partial charge in [-0.2, -0.15) is 0 Å². The number of allylic oxidation sites excluding steroid dienone is 1. The number of hydrogen-bond acceptors (Lipinski definition) is 5. The molecule has 0 saturated heterocycles. The number of fused-ring (bicyclic) bond motifs is 1. The fourth-order valence-corrected chi connectivity index (χ4v) is 4.78. The Labute approximate surface area is 253 Å². The van der Waals surface area contributed by atoms with Crippen LogP contribution in [0.25, 0.3) is 10.9 Å². The smallest absolute Gasteiger partial charge is 0.407 e. The molecule has 0 saturated carbocycles. The molecule has 230 valence electrons. The SMILES string of the molecule is CN(C)C(=O)/C=C/CC[C@@H](CN(C)C(=O)O)C(=O)Nc1nccn(Cc2cc3cc(F)ccc3n2Cc2ccccc2)c1=O. The fourth-order valence-electron chi connectivity index (χ4n) is 4.78. The van der Waals surface area contributed by atoms with Crippen molar-refractivity contribution in [3.63, 3.8) is 0 Å². The van der Waals surface area contributed by atoms with Gasteiger partial charge in [0.15, 0.2) is 5.82 Å². The summed E-state index contributed by atoms with van der Waals surface area (Å²) in [5, 5.41) is 12.6. The summed E-state index contributed by atoms with van der Waals surface area (Å²) in [5.41, 5.74) is 2.04. The fraction of sp³-hybridized carbons (Fsp3) is 0.281. The summed E-state index contributed by atoms with van der Waals surface area (Å²) < 4.78 is 17.5. The van der Waals surface area contributed by atoms with Crippen LogP contribution in [0.5, 0.6) is 0 Å². The standard InChI is InChI=1S/C32H35FN6O5/c1-36(2)28(40)12-8-7-11-23(20-37(3)32(43)44)30(41)35-29-31(42)38(16-15-34-29)21-26-18-24-17-25(33)13-14-27(24)39(26)19-22-9-5-4-6-10-22/h4-6,8-10,12-18,23H,7,11,19-21H2,1-3H3,(H,43,44)(H,34,35,41)/b12-8+/t23-/m0/s1. The molecule has 4 aromatic rings. The molecule has 2 heterocycles. The topological polar surface area (TPSA) is 130 Å². The summed E-state index contributed by atoms with van der Waals surface area (Å²) in [6.45, 7) is 0.513. The van der Waals surface area contributed by atoms with E-state index in [1.165, 1.54) is 47.1 Å². The first-order valence-electron chi connectivity index (χ1n) is 14.0. The van der Waals surface area contributed by atoms with E-state index in [1.807, 2.05) is 41.0 Å². The summed E-state index contributed by atoms with van der Waals surface area (Å²) in [7, 11) is 4.59. The summed E-state index contributed by atoms with van der Waals surface area (Å²) in [5.74, 6) is -2.16. The minimum absolute atomic E-state index is 0.117. The summed E-state index contributed by atoms with van der Waals surface area (Å²) in [4.78, 5) is 56.5. The molecular weight excluding hydrogens is 567 g/mol. The molecule has 0 aliphatic carbocycles. The van der Waals surface area contributed by atoms with Crippen LogP contribution in [0.4, 0.5) is 15.0 Å². The van der Waals surface area contributed by atoms with E-state index in [9.17, 15) is 28.7 Å². The molecule has 0 bridgehead atoms. The molecule has 0 spiro atoms. The van der Waals surface area contributed by atoms with Gasteiger partial charge in [-0.1, -0.05) is 36.4 Å². The Kier molecular flexibility index (Phi) is 10.3. The van der Waals surface area contributed by atoms with Crippen LogP contribution in [0.1, 0.15) is 24.1 Å². The quantitative estimate of drug-likeness (QED) is 0.236. The van der Waals surface area contributed by atoms with E-state index in [4.69, 9.17) is 0 Å². The maximum absolute atomic E-state index is 14.1. The number of halogens is 1. The van der Waals surface area contributed by atoms with Crippen LogP contribution >= 0.6 is 0 Å². The summed E-state index contributed by atoms with van der Waals surface area (Å²) in [6, 6.07) is 16.1. The molecule has 2 N–H and O–H groups in total. The maximum atomic E-state index is 14.1. The number of hydrogen-bond donors (Lipinski definition) is 2. The van der Waals surface area contributed by atoms with E-state index in [-0.39, 0.29) is 37.1 Å². The van der Waals surface area contributed by atoms with E-state index in [0.717, 1.165) is 21.7 Å². The predicted molar refractivity (Wildman–Crippen MR) is 165 cm³/mol.